The number of aromatic nitrogens is 12. The molecule has 0 amide bonds. The Labute approximate surface area is 681 Å². The number of carbonyl (C=O) groups excluding carboxylic acids is 4. The van der Waals surface area contributed by atoms with E-state index in [1.54, 1.807) is 138 Å². The van der Waals surface area contributed by atoms with E-state index in [-0.39, 0.29) is 88.0 Å². The number of ether oxygens (including phenoxy) is 5. The first-order valence-corrected chi connectivity index (χ1v) is 36.9. The van der Waals surface area contributed by atoms with Gasteiger partial charge in [0.2, 0.25) is 17.8 Å². The lowest BCUT2D eigenvalue weighted by Gasteiger charge is -2.17. The number of aliphatic imine (C=N–C) groups is 1. The zero-order chi connectivity index (χ0) is 85.4. The minimum Gasteiger partial charge on any atom is -0.496 e. The van der Waals surface area contributed by atoms with Gasteiger partial charge in [0.05, 0.1) is 85.4 Å². The molecule has 0 spiro atoms. The van der Waals surface area contributed by atoms with Gasteiger partial charge in [-0.15, -0.1) is 0 Å². The van der Waals surface area contributed by atoms with Crippen LogP contribution in [0.4, 0.5) is 27.9 Å². The summed E-state index contributed by atoms with van der Waals surface area (Å²) in [6.45, 7) is 10.1. The number of benzene rings is 6. The van der Waals surface area contributed by atoms with Gasteiger partial charge >= 0.3 is 69.4 Å². The van der Waals surface area contributed by atoms with Gasteiger partial charge in [-0.25, -0.2) is 61.0 Å². The maximum atomic E-state index is 14.4. The molecule has 0 radical (unpaired) electrons. The minimum absolute atomic E-state index is 0.0429. The summed E-state index contributed by atoms with van der Waals surface area (Å²) in [6.07, 6.45) is 1.37. The Hall–Kier alpha value is -12.4. The predicted octanol–water partition coefficient (Wildman–Crippen LogP) is 7.41. The van der Waals surface area contributed by atoms with Crippen LogP contribution in [0.2, 0.25) is 20.1 Å². The highest BCUT2D eigenvalue weighted by molar-refractivity contribution is 6.31. The number of anilines is 4. The van der Waals surface area contributed by atoms with E-state index in [0.29, 0.717) is 37.2 Å². The van der Waals surface area contributed by atoms with Crippen molar-refractivity contribution in [2.24, 2.45) is 28.7 Å². The van der Waals surface area contributed by atoms with Crippen LogP contribution in [-0.2, 0) is 97.0 Å². The van der Waals surface area contributed by atoms with Crippen molar-refractivity contribution in [1.29, 1.82) is 0 Å². The van der Waals surface area contributed by atoms with Crippen molar-refractivity contribution in [3.8, 4) is 5.75 Å². The van der Waals surface area contributed by atoms with Crippen LogP contribution in [0.25, 0.3) is 0 Å². The topological polar surface area (TPSA) is 404 Å². The molecule has 0 aliphatic rings. The summed E-state index contributed by atoms with van der Waals surface area (Å²) < 4.78 is 47.2. The fraction of sp³-hybridized carbons (Fsp3) is 0.321. The van der Waals surface area contributed by atoms with Crippen LogP contribution >= 0.6 is 46.4 Å². The van der Waals surface area contributed by atoms with Crippen LogP contribution in [0, 0.1) is 43.3 Å². The molecule has 4 N–H and O–H groups in total. The van der Waals surface area contributed by atoms with E-state index in [4.69, 9.17) is 61.6 Å². The highest BCUT2D eigenvalue weighted by Crippen LogP contribution is 2.23. The molecule has 0 aliphatic carbocycles. The molecule has 38 heteroatoms. The van der Waals surface area contributed by atoms with Gasteiger partial charge in [-0.2, -0.15) is 19.9 Å². The SMILES string of the molecule is CN=Cc1ccc(Nc2nc(=O)n(C[C@H](C)C(=O)OC)c(=O)n2Cc2ccc(Cl)cc2)cc1F.COC(=O)[C@@H](C)Cn1c(=O)nc(C)n(Cc2ccc(Cl)cc2)c1=O.COC(=O)[C@@H](C)Cn1c(=O)nc(N)n(Cc2ccc(Cl)cc2)c1=O.COC(=O)[C@@H](C)Cn1c(=O)nc(NCc2ccc(C)cc2OC)n(Cc2ccc(Cl)cc2)c1=O. The highest BCUT2D eigenvalue weighted by Gasteiger charge is 2.25. The van der Waals surface area contributed by atoms with Crippen LogP contribution in [-0.4, -0.2) is 129 Å². The molecule has 33 nitrogen and oxygen atoms in total. The van der Waals surface area contributed by atoms with Crippen molar-refractivity contribution >= 4 is 100 Å². The van der Waals surface area contributed by atoms with E-state index in [0.717, 1.165) is 50.7 Å². The molecule has 6 aromatic carbocycles. The fourth-order valence-electron chi connectivity index (χ4n) is 11.1. The zero-order valence-electron chi connectivity index (χ0n) is 65.2. The van der Waals surface area contributed by atoms with Gasteiger partial charge in [0.15, 0.2) is 0 Å². The normalized spacial score (nSPS) is 11.9. The quantitative estimate of drug-likeness (QED) is 0.0256. The number of aryl methyl sites for hydroxylation is 2. The molecule has 0 saturated heterocycles. The second kappa shape index (κ2) is 42.6. The molecule has 0 unspecified atom stereocenters. The number of rotatable bonds is 27. The number of hydrogen-bond acceptors (Lipinski definition) is 25. The Morgan fingerprint density at radius 3 is 1.18 bits per heavy atom. The molecule has 614 valence electrons. The Kier molecular flexibility index (Phi) is 33.4. The van der Waals surface area contributed by atoms with Gasteiger partial charge in [0, 0.05) is 82.9 Å². The number of nitrogens with one attached hydrogen (secondary N) is 2. The molecule has 0 fully saturated rings. The Bertz CT molecular complexity index is 5570. The van der Waals surface area contributed by atoms with E-state index in [2.05, 4.69) is 49.8 Å². The summed E-state index contributed by atoms with van der Waals surface area (Å²) in [5, 5.41) is 8.19. The number of halogens is 5. The van der Waals surface area contributed by atoms with E-state index in [1.165, 1.54) is 74.5 Å². The molecule has 4 heterocycles. The van der Waals surface area contributed by atoms with Crippen LogP contribution in [0.5, 0.6) is 5.75 Å². The minimum atomic E-state index is -0.856. The molecule has 0 aliphatic heterocycles. The fourth-order valence-corrected chi connectivity index (χ4v) is 11.6. The molecule has 10 rings (SSSR count). The smallest absolute Gasteiger partial charge is 0.354 e. The highest BCUT2D eigenvalue weighted by atomic mass is 35.5. The first-order valence-electron chi connectivity index (χ1n) is 35.4. The second-order valence-corrected chi connectivity index (χ2v) is 27.9. The van der Waals surface area contributed by atoms with E-state index in [1.807, 2.05) is 25.1 Å². The standard InChI is InChI=1S/C24H27ClN4O5.C23H23ClFN5O4.C16H18ClN3O4.C15H17ClN4O4/c1-15-5-8-18(20(11-15)33-3)12-26-22-27-23(31)29(13-16(2)21(30)34-4)24(32)28(22)14-17-6-9-19(25)10-7-17;1-14(20(31)34-3)12-30-22(32)28-21(27-18-9-6-16(11-26-2)19(25)10-18)29(23(30)33)13-15-4-7-17(24)8-5-15;1-10(14(21)24-3)8-20-15(22)18-11(2)19(16(20)23)9-12-4-6-13(17)7-5-12;1-9(12(21)24-2)7-20-14(22)18-13(17)19(15(20)23)8-10-3-5-11(16)6-4-10/h5-11,16H,12-14H2,1-4H3,(H,26,27,31);4-11,14H,12-13H2,1-3H3,(H,27,28,32);4-7,10H,8-9H2,1-3H3;3-6,9H,7-8H2,1-2H3,(H2,17,18,22)/t16-;14-;10-;9-/m0000/s1. The maximum absolute atomic E-state index is 14.4. The third-order valence-electron chi connectivity index (χ3n) is 17.5. The van der Waals surface area contributed by atoms with Crippen LogP contribution in [0.3, 0.4) is 0 Å². The molecular weight excluding hydrogens is 1590 g/mol. The monoisotopic (exact) mass is 1680 g/mol. The predicted molar refractivity (Wildman–Crippen MR) is 435 cm³/mol. The molecule has 116 heavy (non-hydrogen) atoms. The number of hydrogen-bond donors (Lipinski definition) is 3. The van der Waals surface area contributed by atoms with Crippen LogP contribution < -0.4 is 66.6 Å². The Balaban J connectivity index is 0.000000217. The largest absolute Gasteiger partial charge is 0.496 e. The molecule has 0 saturated carbocycles. The maximum Gasteiger partial charge on any atom is 0.354 e. The lowest BCUT2D eigenvalue weighted by molar-refractivity contribution is -0.146. The van der Waals surface area contributed by atoms with Crippen molar-refractivity contribution in [2.75, 3.05) is 59.0 Å². The summed E-state index contributed by atoms with van der Waals surface area (Å²) in [5.41, 5.74) is 5.72. The van der Waals surface area contributed by atoms with Crippen LogP contribution in [0.1, 0.15) is 72.5 Å². The Morgan fingerprint density at radius 1 is 0.457 bits per heavy atom. The first-order chi connectivity index (χ1) is 55.1. The lowest BCUT2D eigenvalue weighted by Crippen LogP contribution is -2.44. The summed E-state index contributed by atoms with van der Waals surface area (Å²) in [6, 6.07) is 37.7. The van der Waals surface area contributed by atoms with Crippen molar-refractivity contribution in [2.45, 2.75) is 100 Å². The van der Waals surface area contributed by atoms with Gasteiger partial charge in [-0.1, -0.05) is 135 Å². The lowest BCUT2D eigenvalue weighted by atomic mass is 10.1. The summed E-state index contributed by atoms with van der Waals surface area (Å²) in [4.78, 5) is 167. The van der Waals surface area contributed by atoms with Gasteiger partial charge in [-0.05, 0) is 114 Å². The van der Waals surface area contributed by atoms with Gasteiger partial charge in [-0.3, -0.25) is 42.4 Å². The van der Waals surface area contributed by atoms with Crippen LogP contribution in [0.15, 0.2) is 177 Å². The van der Waals surface area contributed by atoms with Crippen molar-refractivity contribution < 1.29 is 47.3 Å². The number of nitrogens with zero attached hydrogens (tertiary/aromatic N) is 13. The Morgan fingerprint density at radius 2 is 0.802 bits per heavy atom. The van der Waals surface area contributed by atoms with Crippen molar-refractivity contribution in [3.63, 3.8) is 0 Å². The summed E-state index contributed by atoms with van der Waals surface area (Å²) in [5.74, 6) is -4.58. The van der Waals surface area contributed by atoms with E-state index >= 15 is 0 Å². The zero-order valence-corrected chi connectivity index (χ0v) is 68.2. The number of nitrogens with two attached hydrogens (primary N) is 1. The van der Waals surface area contributed by atoms with Gasteiger partial charge < -0.3 is 40.1 Å². The van der Waals surface area contributed by atoms with E-state index < -0.39 is 98.9 Å². The molecule has 10 aromatic rings. The second-order valence-electron chi connectivity index (χ2n) is 26.2. The average molecular weight is 1680 g/mol. The third kappa shape index (κ3) is 24.8. The summed E-state index contributed by atoms with van der Waals surface area (Å²) >= 11 is 23.6. The number of nitrogen functional groups attached to an aromatic ring is 1. The van der Waals surface area contributed by atoms with Gasteiger partial charge in [0.1, 0.15) is 17.4 Å². The molecular formula is C78H85Cl4FN16O17. The van der Waals surface area contributed by atoms with E-state index in [9.17, 15) is 61.9 Å². The third-order valence-corrected chi connectivity index (χ3v) is 18.5. The average Bonchev–Trinajstić information content (AvgIpc) is 0.808. The number of carbonyl (C=O) groups is 4. The van der Waals surface area contributed by atoms with Crippen molar-refractivity contribution in [1.82, 2.24) is 56.5 Å². The molecule has 4 aromatic heterocycles. The van der Waals surface area contributed by atoms with Crippen molar-refractivity contribution in [3.05, 3.63) is 288 Å². The number of esters is 4. The number of methoxy groups -OCH3 is 5. The molecule has 0 bridgehead atoms. The summed E-state index contributed by atoms with van der Waals surface area (Å²) in [7, 11) is 8.08. The van der Waals surface area contributed by atoms with Gasteiger partial charge in [0.25, 0.3) is 0 Å². The first kappa shape index (κ1) is 90.8. The molecule has 4 atom stereocenters.